The fourth-order valence-electron chi connectivity index (χ4n) is 3.64. The number of methoxy groups -OCH3 is 2. The molecule has 2 aliphatic heterocycles. The van der Waals surface area contributed by atoms with Gasteiger partial charge in [0.25, 0.3) is 0 Å². The Morgan fingerprint density at radius 2 is 1.82 bits per heavy atom. The highest BCUT2D eigenvalue weighted by Crippen LogP contribution is 2.37. The Balaban J connectivity index is 1.90. The standard InChI is InChI=1S/C23H29FN2O8/c1-23(2,3)34-22(29)25-10-9-14(11-25)33-19-16(24)7-6-8-17(19)26-13-32-12-15(20(27)30-4)18(26)21(28)31-5/h6-8,14H,9-13H2,1-5H3. The molecule has 1 aromatic rings. The number of likely N-dealkylation sites (tertiary alicyclic amines) is 1. The Morgan fingerprint density at radius 1 is 1.12 bits per heavy atom. The lowest BCUT2D eigenvalue weighted by Gasteiger charge is -2.32. The average Bonchev–Trinajstić information content (AvgIpc) is 3.26. The van der Waals surface area contributed by atoms with Crippen molar-refractivity contribution in [3.63, 3.8) is 0 Å². The fourth-order valence-corrected chi connectivity index (χ4v) is 3.64. The number of carbonyl (C=O) groups is 3. The fraction of sp³-hybridized carbons (Fsp3) is 0.522. The van der Waals surface area contributed by atoms with E-state index in [9.17, 15) is 18.8 Å². The Morgan fingerprint density at radius 3 is 2.47 bits per heavy atom. The quantitative estimate of drug-likeness (QED) is 0.465. The van der Waals surface area contributed by atoms with Gasteiger partial charge in [0.1, 0.15) is 24.1 Å². The number of rotatable bonds is 5. The van der Waals surface area contributed by atoms with E-state index in [0.717, 1.165) is 0 Å². The maximum Gasteiger partial charge on any atom is 0.410 e. The predicted molar refractivity (Wildman–Crippen MR) is 118 cm³/mol. The van der Waals surface area contributed by atoms with Gasteiger partial charge in [-0.1, -0.05) is 6.07 Å². The predicted octanol–water partition coefficient (Wildman–Crippen LogP) is 2.61. The Bertz CT molecular complexity index is 988. The van der Waals surface area contributed by atoms with Crippen molar-refractivity contribution < 1.29 is 42.5 Å². The molecule has 34 heavy (non-hydrogen) atoms. The van der Waals surface area contributed by atoms with Gasteiger partial charge in [-0.15, -0.1) is 0 Å². The van der Waals surface area contributed by atoms with Crippen molar-refractivity contribution in [2.45, 2.75) is 38.9 Å². The van der Waals surface area contributed by atoms with Crippen LogP contribution in [-0.4, -0.2) is 75.3 Å². The zero-order valence-electron chi connectivity index (χ0n) is 19.9. The third-order valence-electron chi connectivity index (χ3n) is 5.15. The second-order valence-corrected chi connectivity index (χ2v) is 8.76. The molecule has 10 nitrogen and oxygen atoms in total. The second kappa shape index (κ2) is 10.3. The van der Waals surface area contributed by atoms with Crippen LogP contribution in [0.2, 0.25) is 0 Å². The van der Waals surface area contributed by atoms with Crippen LogP contribution >= 0.6 is 0 Å². The van der Waals surface area contributed by atoms with Crippen LogP contribution in [0.5, 0.6) is 5.75 Å². The molecule has 0 N–H and O–H groups in total. The summed E-state index contributed by atoms with van der Waals surface area (Å²) in [5, 5.41) is 0. The van der Waals surface area contributed by atoms with Gasteiger partial charge in [-0.05, 0) is 32.9 Å². The molecule has 2 aliphatic rings. The van der Waals surface area contributed by atoms with Crippen LogP contribution < -0.4 is 9.64 Å². The number of esters is 2. The molecule has 186 valence electrons. The zero-order valence-corrected chi connectivity index (χ0v) is 19.9. The van der Waals surface area contributed by atoms with Crippen molar-refractivity contribution in [1.29, 1.82) is 0 Å². The van der Waals surface area contributed by atoms with Crippen molar-refractivity contribution in [3.05, 3.63) is 35.3 Å². The summed E-state index contributed by atoms with van der Waals surface area (Å²) in [5.74, 6) is -2.40. The van der Waals surface area contributed by atoms with Gasteiger partial charge in [-0.25, -0.2) is 18.8 Å². The Labute approximate surface area is 197 Å². The molecule has 1 fully saturated rings. The van der Waals surface area contributed by atoms with Crippen molar-refractivity contribution in [3.8, 4) is 5.75 Å². The highest BCUT2D eigenvalue weighted by molar-refractivity contribution is 6.03. The lowest BCUT2D eigenvalue weighted by Crippen LogP contribution is -2.39. The smallest absolute Gasteiger partial charge is 0.410 e. The number of hydrogen-bond donors (Lipinski definition) is 0. The van der Waals surface area contributed by atoms with Gasteiger partial charge in [0.2, 0.25) is 0 Å². The Hall–Kier alpha value is -3.34. The molecule has 1 atom stereocenters. The number of benzene rings is 1. The van der Waals surface area contributed by atoms with Gasteiger partial charge in [0.15, 0.2) is 11.6 Å². The largest absolute Gasteiger partial charge is 0.483 e. The normalized spacial score (nSPS) is 18.6. The first kappa shape index (κ1) is 25.3. The minimum absolute atomic E-state index is 0.0622. The third-order valence-corrected chi connectivity index (χ3v) is 5.15. The van der Waals surface area contributed by atoms with Gasteiger partial charge in [-0.2, -0.15) is 0 Å². The van der Waals surface area contributed by atoms with E-state index in [0.29, 0.717) is 13.0 Å². The summed E-state index contributed by atoms with van der Waals surface area (Å²) in [6.45, 7) is 5.58. The SMILES string of the molecule is COC(=O)C1=C(C(=O)OC)N(c2cccc(F)c2OC2CCN(C(=O)OC(C)(C)C)C2)COC1. The summed E-state index contributed by atoms with van der Waals surface area (Å²) in [5.41, 5.74) is -0.667. The summed E-state index contributed by atoms with van der Waals surface area (Å²) in [7, 11) is 2.35. The maximum atomic E-state index is 14.9. The van der Waals surface area contributed by atoms with Gasteiger partial charge < -0.3 is 33.5 Å². The highest BCUT2D eigenvalue weighted by atomic mass is 19.1. The summed E-state index contributed by atoms with van der Waals surface area (Å²) < 4.78 is 41.4. The van der Waals surface area contributed by atoms with E-state index in [-0.39, 0.29) is 42.6 Å². The molecule has 0 radical (unpaired) electrons. The van der Waals surface area contributed by atoms with E-state index < -0.39 is 35.6 Å². The van der Waals surface area contributed by atoms with E-state index in [4.69, 9.17) is 23.7 Å². The number of carbonyl (C=O) groups excluding carboxylic acids is 3. The molecular weight excluding hydrogens is 451 g/mol. The molecule has 0 bridgehead atoms. The van der Waals surface area contributed by atoms with Crippen LogP contribution in [0.4, 0.5) is 14.9 Å². The molecule has 2 heterocycles. The molecule has 0 aliphatic carbocycles. The summed E-state index contributed by atoms with van der Waals surface area (Å²) in [6.07, 6.45) is -0.536. The monoisotopic (exact) mass is 480 g/mol. The first-order valence-corrected chi connectivity index (χ1v) is 10.7. The number of para-hydroxylation sites is 1. The van der Waals surface area contributed by atoms with E-state index in [2.05, 4.69) is 0 Å². The highest BCUT2D eigenvalue weighted by Gasteiger charge is 2.36. The first-order valence-electron chi connectivity index (χ1n) is 10.7. The number of halogens is 1. The molecule has 11 heteroatoms. The molecular formula is C23H29FN2O8. The van der Waals surface area contributed by atoms with Gasteiger partial charge in [-0.3, -0.25) is 0 Å². The van der Waals surface area contributed by atoms with E-state index in [1.165, 1.54) is 42.2 Å². The third kappa shape index (κ3) is 5.58. The van der Waals surface area contributed by atoms with Gasteiger partial charge in [0.05, 0.1) is 38.6 Å². The molecule has 0 saturated carbocycles. The van der Waals surface area contributed by atoms with E-state index >= 15 is 0 Å². The number of amides is 1. The van der Waals surface area contributed by atoms with Crippen molar-refractivity contribution in [1.82, 2.24) is 4.90 Å². The molecule has 3 rings (SSSR count). The van der Waals surface area contributed by atoms with Gasteiger partial charge in [0, 0.05) is 13.0 Å². The topological polar surface area (TPSA) is 104 Å². The zero-order chi connectivity index (χ0) is 25.0. The van der Waals surface area contributed by atoms with Crippen molar-refractivity contribution in [2.24, 2.45) is 0 Å². The summed E-state index contributed by atoms with van der Waals surface area (Å²) in [6, 6.07) is 4.19. The van der Waals surface area contributed by atoms with Crippen LogP contribution in [0.1, 0.15) is 27.2 Å². The molecule has 1 unspecified atom stereocenters. The summed E-state index contributed by atoms with van der Waals surface area (Å²) >= 11 is 0. The van der Waals surface area contributed by atoms with Crippen LogP contribution in [-0.2, 0) is 28.5 Å². The van der Waals surface area contributed by atoms with Gasteiger partial charge >= 0.3 is 18.0 Å². The van der Waals surface area contributed by atoms with E-state index in [1.807, 2.05) is 0 Å². The lowest BCUT2D eigenvalue weighted by atomic mass is 10.1. The summed E-state index contributed by atoms with van der Waals surface area (Å²) in [4.78, 5) is 40.0. The number of hydrogen-bond acceptors (Lipinski definition) is 9. The molecule has 1 saturated heterocycles. The molecule has 1 amide bonds. The number of ether oxygens (including phenoxy) is 5. The maximum absolute atomic E-state index is 14.9. The molecule has 0 aromatic heterocycles. The van der Waals surface area contributed by atoms with Crippen LogP contribution in [0.25, 0.3) is 0 Å². The lowest BCUT2D eigenvalue weighted by molar-refractivity contribution is -0.140. The molecule has 0 spiro atoms. The minimum Gasteiger partial charge on any atom is -0.483 e. The Kier molecular flexibility index (Phi) is 7.65. The number of nitrogens with zero attached hydrogens (tertiary/aromatic N) is 2. The number of anilines is 1. The van der Waals surface area contributed by atoms with Crippen LogP contribution in [0.15, 0.2) is 29.5 Å². The minimum atomic E-state index is -0.809. The van der Waals surface area contributed by atoms with E-state index in [1.54, 1.807) is 20.8 Å². The average molecular weight is 480 g/mol. The molecule has 1 aromatic carbocycles. The van der Waals surface area contributed by atoms with Crippen LogP contribution in [0, 0.1) is 5.82 Å². The van der Waals surface area contributed by atoms with Crippen molar-refractivity contribution in [2.75, 3.05) is 45.5 Å². The van der Waals surface area contributed by atoms with Crippen molar-refractivity contribution >= 4 is 23.7 Å². The van der Waals surface area contributed by atoms with Crippen LogP contribution in [0.3, 0.4) is 0 Å². The first-order chi connectivity index (χ1) is 16.1. The second-order valence-electron chi connectivity index (χ2n) is 8.76.